The highest BCUT2D eigenvalue weighted by Crippen LogP contribution is 2.31. The Hall–Kier alpha value is -3.17. The molecule has 1 aromatic carbocycles. The lowest BCUT2D eigenvalue weighted by Gasteiger charge is -2.38. The van der Waals surface area contributed by atoms with Crippen LogP contribution >= 0.6 is 11.3 Å². The Balaban J connectivity index is 1.52. The van der Waals surface area contributed by atoms with E-state index in [1.165, 1.54) is 11.3 Å². The van der Waals surface area contributed by atoms with E-state index in [-0.39, 0.29) is 22.9 Å². The number of pyridine rings is 1. The number of hydrogen-bond acceptors (Lipinski definition) is 6. The van der Waals surface area contributed by atoms with Crippen LogP contribution in [0, 0.1) is 0 Å². The van der Waals surface area contributed by atoms with Gasteiger partial charge >= 0.3 is 0 Å². The number of carbonyl (C=O) groups is 2. The average Bonchev–Trinajstić information content (AvgIpc) is 3.41. The number of hydrogen-bond donors (Lipinski definition) is 0. The predicted molar refractivity (Wildman–Crippen MR) is 135 cm³/mol. The molecule has 0 spiro atoms. The van der Waals surface area contributed by atoms with Crippen LogP contribution in [0.3, 0.4) is 0 Å². The average molecular weight is 480 g/mol. The van der Waals surface area contributed by atoms with Crippen molar-refractivity contribution < 1.29 is 9.59 Å². The number of nitrogens with zero attached hydrogens (tertiary/aromatic N) is 5. The molecule has 2 aliphatic heterocycles. The summed E-state index contributed by atoms with van der Waals surface area (Å²) in [6.07, 6.45) is 0. The zero-order valence-corrected chi connectivity index (χ0v) is 20.4. The molecular weight excluding hydrogens is 450 g/mol. The summed E-state index contributed by atoms with van der Waals surface area (Å²) in [6.45, 7) is 5.01. The molecule has 2 fully saturated rings. The molecule has 2 saturated heterocycles. The fraction of sp³-hybridized carbons (Fsp3) is 0.400. The zero-order valence-electron chi connectivity index (χ0n) is 19.6. The first kappa shape index (κ1) is 22.6. The maximum absolute atomic E-state index is 13.7. The van der Waals surface area contributed by atoms with Crippen LogP contribution < -0.4 is 10.5 Å². The van der Waals surface area contributed by atoms with Crippen LogP contribution in [0.1, 0.15) is 20.0 Å². The van der Waals surface area contributed by atoms with Gasteiger partial charge in [0.1, 0.15) is 5.56 Å². The predicted octanol–water partition coefficient (Wildman–Crippen LogP) is 1.95. The number of para-hydroxylation sites is 1. The molecule has 2 aromatic heterocycles. The van der Waals surface area contributed by atoms with Gasteiger partial charge in [-0.2, -0.15) is 0 Å². The first-order valence-corrected chi connectivity index (χ1v) is 12.5. The third-order valence-corrected chi connectivity index (χ3v) is 7.75. The number of fused-ring (bicyclic) bond motifs is 1. The number of amides is 2. The molecular formula is C25H29N5O3S. The lowest BCUT2D eigenvalue weighted by molar-refractivity contribution is 0.0660. The molecule has 0 unspecified atom stereocenters. The van der Waals surface area contributed by atoms with E-state index in [1.54, 1.807) is 16.5 Å². The van der Waals surface area contributed by atoms with Crippen LogP contribution in [0.15, 0.2) is 46.6 Å². The van der Waals surface area contributed by atoms with E-state index in [2.05, 4.69) is 9.80 Å². The first-order chi connectivity index (χ1) is 16.5. The minimum Gasteiger partial charge on any atom is -0.367 e. The Morgan fingerprint density at radius 1 is 0.794 bits per heavy atom. The number of rotatable bonds is 3. The number of carbonyl (C=O) groups excluding carboxylic acids is 2. The number of aryl methyl sites for hydroxylation is 1. The van der Waals surface area contributed by atoms with E-state index >= 15 is 0 Å². The maximum Gasteiger partial charge on any atom is 0.265 e. The van der Waals surface area contributed by atoms with Crippen molar-refractivity contribution in [1.82, 2.24) is 19.3 Å². The van der Waals surface area contributed by atoms with Crippen LogP contribution in [0.4, 0.5) is 5.69 Å². The van der Waals surface area contributed by atoms with E-state index in [9.17, 15) is 14.4 Å². The minimum atomic E-state index is -0.269. The monoisotopic (exact) mass is 479 g/mol. The molecule has 0 N–H and O–H groups in total. The lowest BCUT2D eigenvalue weighted by Crippen LogP contribution is -2.51. The van der Waals surface area contributed by atoms with Crippen LogP contribution in [0.25, 0.3) is 10.9 Å². The molecule has 4 heterocycles. The summed E-state index contributed by atoms with van der Waals surface area (Å²) in [4.78, 5) is 48.8. The molecule has 0 atom stereocenters. The van der Waals surface area contributed by atoms with Crippen molar-refractivity contribution in [3.63, 3.8) is 0 Å². The number of benzene rings is 1. The normalized spacial score (nSPS) is 17.4. The molecule has 2 amide bonds. The van der Waals surface area contributed by atoms with E-state index in [0.29, 0.717) is 45.0 Å². The number of thiophene rings is 1. The SMILES string of the molecule is CN1CCN(C(=O)c2c(N3CCN(C(=O)c4cccs4)CC3)c3ccccc3n(C)c2=O)CC1. The quantitative estimate of drug-likeness (QED) is 0.575. The van der Waals surface area contributed by atoms with Gasteiger partial charge in [0.25, 0.3) is 17.4 Å². The summed E-state index contributed by atoms with van der Waals surface area (Å²) in [6, 6.07) is 11.5. The Labute approximate surface area is 202 Å². The standard InChI is InChI=1S/C25H29N5O3S/c1-26-9-11-30(12-10-26)25(33)21-22(18-6-3-4-7-19(18)27(2)24(21)32)28-13-15-29(16-14-28)23(31)20-8-5-17-34-20/h3-8,17H,9-16H2,1-2H3. The van der Waals surface area contributed by atoms with Crippen molar-refractivity contribution in [1.29, 1.82) is 0 Å². The smallest absolute Gasteiger partial charge is 0.265 e. The number of likely N-dealkylation sites (N-methyl/N-ethyl adjacent to an activating group) is 1. The topological polar surface area (TPSA) is 69.1 Å². The van der Waals surface area contributed by atoms with Gasteiger partial charge in [0, 0.05) is 64.8 Å². The Kier molecular flexibility index (Phi) is 6.14. The third-order valence-electron chi connectivity index (χ3n) is 6.90. The fourth-order valence-corrected chi connectivity index (χ4v) is 5.55. The molecule has 178 valence electrons. The molecule has 34 heavy (non-hydrogen) atoms. The van der Waals surface area contributed by atoms with Gasteiger partial charge in [-0.15, -0.1) is 11.3 Å². The highest BCUT2D eigenvalue weighted by Gasteiger charge is 2.32. The van der Waals surface area contributed by atoms with E-state index in [4.69, 9.17) is 0 Å². The van der Waals surface area contributed by atoms with E-state index < -0.39 is 0 Å². The van der Waals surface area contributed by atoms with Crippen LogP contribution in [-0.4, -0.2) is 90.5 Å². The van der Waals surface area contributed by atoms with Crippen LogP contribution in [0.5, 0.6) is 0 Å². The Morgan fingerprint density at radius 2 is 1.44 bits per heavy atom. The fourth-order valence-electron chi connectivity index (χ4n) is 4.86. The second-order valence-electron chi connectivity index (χ2n) is 8.96. The molecule has 8 nitrogen and oxygen atoms in total. The molecule has 9 heteroatoms. The van der Waals surface area contributed by atoms with Crippen LogP contribution in [0.2, 0.25) is 0 Å². The number of piperazine rings is 2. The molecule has 2 aliphatic rings. The molecule has 0 aliphatic carbocycles. The molecule has 0 bridgehead atoms. The van der Waals surface area contributed by atoms with Crippen molar-refractivity contribution >= 4 is 39.7 Å². The van der Waals surface area contributed by atoms with Gasteiger partial charge < -0.3 is 24.2 Å². The first-order valence-electron chi connectivity index (χ1n) is 11.6. The van der Waals surface area contributed by atoms with E-state index in [1.807, 2.05) is 53.7 Å². The van der Waals surface area contributed by atoms with Crippen molar-refractivity contribution in [3.05, 3.63) is 62.6 Å². The molecule has 0 radical (unpaired) electrons. The number of anilines is 1. The van der Waals surface area contributed by atoms with Gasteiger partial charge in [0.15, 0.2) is 0 Å². The highest BCUT2D eigenvalue weighted by molar-refractivity contribution is 7.12. The van der Waals surface area contributed by atoms with Gasteiger partial charge in [-0.25, -0.2) is 0 Å². The molecule has 0 saturated carbocycles. The number of aromatic nitrogens is 1. The summed E-state index contributed by atoms with van der Waals surface area (Å²) >= 11 is 1.45. The van der Waals surface area contributed by atoms with Crippen molar-refractivity contribution in [2.45, 2.75) is 0 Å². The van der Waals surface area contributed by atoms with Gasteiger partial charge in [-0.3, -0.25) is 14.4 Å². The van der Waals surface area contributed by atoms with Crippen molar-refractivity contribution in [2.75, 3.05) is 64.3 Å². The maximum atomic E-state index is 13.7. The Morgan fingerprint density at radius 3 is 2.12 bits per heavy atom. The van der Waals surface area contributed by atoms with Gasteiger partial charge in [-0.05, 0) is 24.6 Å². The van der Waals surface area contributed by atoms with Gasteiger partial charge in [0.05, 0.1) is 16.1 Å². The largest absolute Gasteiger partial charge is 0.367 e. The molecule has 5 rings (SSSR count). The third kappa shape index (κ3) is 3.99. The Bertz CT molecular complexity index is 1270. The van der Waals surface area contributed by atoms with Crippen LogP contribution in [-0.2, 0) is 7.05 Å². The van der Waals surface area contributed by atoms with E-state index in [0.717, 1.165) is 28.9 Å². The minimum absolute atomic E-state index is 0.0391. The zero-order chi connectivity index (χ0) is 23.8. The summed E-state index contributed by atoms with van der Waals surface area (Å²) in [7, 11) is 3.77. The second kappa shape index (κ2) is 9.23. The van der Waals surface area contributed by atoms with Crippen molar-refractivity contribution in [2.24, 2.45) is 7.05 Å². The van der Waals surface area contributed by atoms with Crippen molar-refractivity contribution in [3.8, 4) is 0 Å². The summed E-state index contributed by atoms with van der Waals surface area (Å²) in [5.41, 5.74) is 1.47. The summed E-state index contributed by atoms with van der Waals surface area (Å²) < 4.78 is 1.58. The second-order valence-corrected chi connectivity index (χ2v) is 9.90. The van der Waals surface area contributed by atoms with Gasteiger partial charge in [0.2, 0.25) is 0 Å². The van der Waals surface area contributed by atoms with Gasteiger partial charge in [-0.1, -0.05) is 24.3 Å². The summed E-state index contributed by atoms with van der Waals surface area (Å²) in [5.74, 6) is -0.163. The lowest BCUT2D eigenvalue weighted by atomic mass is 10.0. The molecule has 3 aromatic rings. The summed E-state index contributed by atoms with van der Waals surface area (Å²) in [5, 5.41) is 2.80. The highest BCUT2D eigenvalue weighted by atomic mass is 32.1.